The number of ether oxygens (including phenoxy) is 1. The molecule has 0 aliphatic rings. The summed E-state index contributed by atoms with van der Waals surface area (Å²) in [5.74, 6) is -1.51. The molecule has 35 heavy (non-hydrogen) atoms. The van der Waals surface area contributed by atoms with Crippen molar-refractivity contribution >= 4 is 35.3 Å². The van der Waals surface area contributed by atoms with Crippen molar-refractivity contribution in [1.82, 2.24) is 5.43 Å². The molecular formula is C27H28N4O4. The summed E-state index contributed by atoms with van der Waals surface area (Å²) in [7, 11) is 0. The van der Waals surface area contributed by atoms with E-state index in [2.05, 4.69) is 21.2 Å². The van der Waals surface area contributed by atoms with Gasteiger partial charge in [0.15, 0.2) is 6.61 Å². The molecule has 0 saturated carbocycles. The molecule has 3 aromatic carbocycles. The molecule has 0 aromatic heterocycles. The van der Waals surface area contributed by atoms with E-state index in [4.69, 9.17) is 4.74 Å². The van der Waals surface area contributed by atoms with Gasteiger partial charge in [-0.1, -0.05) is 49.4 Å². The predicted molar refractivity (Wildman–Crippen MR) is 137 cm³/mol. The van der Waals surface area contributed by atoms with Gasteiger partial charge in [0.05, 0.1) is 6.21 Å². The van der Waals surface area contributed by atoms with Gasteiger partial charge in [-0.25, -0.2) is 5.43 Å². The highest BCUT2D eigenvalue weighted by Gasteiger charge is 2.14. The minimum atomic E-state index is -0.886. The zero-order chi connectivity index (χ0) is 25.2. The van der Waals surface area contributed by atoms with Crippen LogP contribution in [0.3, 0.4) is 0 Å². The first-order chi connectivity index (χ1) is 16.9. The SMILES string of the molecule is CCc1ccccc1NC(=O)C(=O)N/N=C\c1cccc(OCC(=O)Nc2cccc(C)c2C)c1. The number of carbonyl (C=O) groups is 3. The van der Waals surface area contributed by atoms with Crippen LogP contribution in [0.4, 0.5) is 11.4 Å². The Morgan fingerprint density at radius 1 is 0.886 bits per heavy atom. The Morgan fingerprint density at radius 2 is 1.63 bits per heavy atom. The van der Waals surface area contributed by atoms with Crippen molar-refractivity contribution in [3.05, 3.63) is 89.0 Å². The summed E-state index contributed by atoms with van der Waals surface area (Å²) >= 11 is 0. The van der Waals surface area contributed by atoms with Gasteiger partial charge in [0.25, 0.3) is 5.91 Å². The average Bonchev–Trinajstić information content (AvgIpc) is 2.86. The molecule has 0 aliphatic carbocycles. The van der Waals surface area contributed by atoms with E-state index in [0.29, 0.717) is 17.0 Å². The summed E-state index contributed by atoms with van der Waals surface area (Å²) in [4.78, 5) is 36.5. The van der Waals surface area contributed by atoms with Crippen molar-refractivity contribution in [2.45, 2.75) is 27.2 Å². The number of benzene rings is 3. The molecule has 0 saturated heterocycles. The Balaban J connectivity index is 1.50. The maximum atomic E-state index is 12.3. The summed E-state index contributed by atoms with van der Waals surface area (Å²) in [6.45, 7) is 5.73. The minimum absolute atomic E-state index is 0.163. The van der Waals surface area contributed by atoms with E-state index in [9.17, 15) is 14.4 Å². The van der Waals surface area contributed by atoms with E-state index in [-0.39, 0.29) is 12.5 Å². The van der Waals surface area contributed by atoms with Gasteiger partial charge >= 0.3 is 11.8 Å². The fraction of sp³-hybridized carbons (Fsp3) is 0.185. The number of aryl methyl sites for hydroxylation is 2. The molecule has 0 heterocycles. The van der Waals surface area contributed by atoms with Crippen molar-refractivity contribution < 1.29 is 19.1 Å². The van der Waals surface area contributed by atoms with E-state index >= 15 is 0 Å². The van der Waals surface area contributed by atoms with Crippen molar-refractivity contribution in [2.24, 2.45) is 5.10 Å². The monoisotopic (exact) mass is 472 g/mol. The zero-order valence-electron chi connectivity index (χ0n) is 19.9. The first-order valence-electron chi connectivity index (χ1n) is 11.2. The number of nitrogens with one attached hydrogen (secondary N) is 3. The first-order valence-corrected chi connectivity index (χ1v) is 11.2. The molecule has 0 fully saturated rings. The summed E-state index contributed by atoms with van der Waals surface area (Å²) < 4.78 is 5.58. The molecule has 3 N–H and O–H groups in total. The van der Waals surface area contributed by atoms with Gasteiger partial charge in [-0.05, 0) is 66.8 Å². The number of hydrogen-bond donors (Lipinski definition) is 3. The molecule has 0 unspecified atom stereocenters. The quantitative estimate of drug-likeness (QED) is 0.262. The van der Waals surface area contributed by atoms with Crippen molar-refractivity contribution in [1.29, 1.82) is 0 Å². The molecule has 0 aliphatic heterocycles. The summed E-state index contributed by atoms with van der Waals surface area (Å²) in [5.41, 5.74) is 7.19. The fourth-order valence-electron chi connectivity index (χ4n) is 3.25. The number of anilines is 2. The Hall–Kier alpha value is -4.46. The standard InChI is InChI=1S/C27H28N4O4/c1-4-21-11-5-6-13-24(21)30-26(33)27(34)31-28-16-20-10-8-12-22(15-20)35-17-25(32)29-23-14-7-9-18(2)19(23)3/h5-16H,4,17H2,1-3H3,(H,29,32)(H,30,33)(H,31,34)/b28-16-. The van der Waals surface area contributed by atoms with Gasteiger partial charge in [0.2, 0.25) is 0 Å². The number of hydrazone groups is 1. The largest absolute Gasteiger partial charge is 0.484 e. The number of nitrogens with zero attached hydrogens (tertiary/aromatic N) is 1. The maximum Gasteiger partial charge on any atom is 0.329 e. The third-order valence-corrected chi connectivity index (χ3v) is 5.34. The summed E-state index contributed by atoms with van der Waals surface area (Å²) in [5, 5.41) is 9.27. The highest BCUT2D eigenvalue weighted by Crippen LogP contribution is 2.18. The molecular weight excluding hydrogens is 444 g/mol. The lowest BCUT2D eigenvalue weighted by Gasteiger charge is -2.11. The van der Waals surface area contributed by atoms with Crippen LogP contribution in [-0.2, 0) is 20.8 Å². The van der Waals surface area contributed by atoms with Crippen LogP contribution in [0.5, 0.6) is 5.75 Å². The second-order valence-corrected chi connectivity index (χ2v) is 7.82. The van der Waals surface area contributed by atoms with Crippen LogP contribution in [0.15, 0.2) is 71.8 Å². The van der Waals surface area contributed by atoms with E-state index in [1.807, 2.05) is 51.1 Å². The van der Waals surface area contributed by atoms with Crippen molar-refractivity contribution in [2.75, 3.05) is 17.2 Å². The molecule has 0 radical (unpaired) electrons. The fourth-order valence-corrected chi connectivity index (χ4v) is 3.25. The molecule has 8 heteroatoms. The lowest BCUT2D eigenvalue weighted by Crippen LogP contribution is -2.32. The predicted octanol–water partition coefficient (Wildman–Crippen LogP) is 3.97. The van der Waals surface area contributed by atoms with Gasteiger partial charge in [-0.3, -0.25) is 14.4 Å². The normalized spacial score (nSPS) is 10.6. The van der Waals surface area contributed by atoms with E-state index in [0.717, 1.165) is 28.8 Å². The number of amides is 3. The molecule has 0 bridgehead atoms. The number of carbonyl (C=O) groups excluding carboxylic acids is 3. The Bertz CT molecular complexity index is 1250. The van der Waals surface area contributed by atoms with E-state index in [1.165, 1.54) is 6.21 Å². The van der Waals surface area contributed by atoms with Gasteiger partial charge in [-0.2, -0.15) is 5.10 Å². The van der Waals surface area contributed by atoms with Gasteiger partial charge in [0, 0.05) is 11.4 Å². The lowest BCUT2D eigenvalue weighted by molar-refractivity contribution is -0.136. The molecule has 3 amide bonds. The van der Waals surface area contributed by atoms with Crippen molar-refractivity contribution in [3.8, 4) is 5.75 Å². The molecule has 8 nitrogen and oxygen atoms in total. The van der Waals surface area contributed by atoms with Crippen LogP contribution in [0.1, 0.15) is 29.2 Å². The van der Waals surface area contributed by atoms with Crippen molar-refractivity contribution in [3.63, 3.8) is 0 Å². The molecule has 0 spiro atoms. The highest BCUT2D eigenvalue weighted by atomic mass is 16.5. The first kappa shape index (κ1) is 25.2. The Morgan fingerprint density at radius 3 is 2.43 bits per heavy atom. The number of para-hydroxylation sites is 1. The van der Waals surface area contributed by atoms with Gasteiger partial charge < -0.3 is 15.4 Å². The zero-order valence-corrected chi connectivity index (χ0v) is 19.9. The number of hydrogen-bond acceptors (Lipinski definition) is 5. The Kier molecular flexibility index (Phi) is 8.72. The minimum Gasteiger partial charge on any atom is -0.484 e. The van der Waals surface area contributed by atoms with Crippen LogP contribution >= 0.6 is 0 Å². The molecule has 180 valence electrons. The Labute approximate surface area is 204 Å². The lowest BCUT2D eigenvalue weighted by atomic mass is 10.1. The van der Waals surface area contributed by atoms with Gasteiger partial charge in [0.1, 0.15) is 5.75 Å². The summed E-state index contributed by atoms with van der Waals surface area (Å²) in [6, 6.07) is 19.8. The third kappa shape index (κ3) is 7.26. The van der Waals surface area contributed by atoms with Gasteiger partial charge in [-0.15, -0.1) is 0 Å². The van der Waals surface area contributed by atoms with E-state index in [1.54, 1.807) is 36.4 Å². The topological polar surface area (TPSA) is 109 Å². The van der Waals surface area contributed by atoms with Crippen LogP contribution < -0.4 is 20.8 Å². The molecule has 3 aromatic rings. The van der Waals surface area contributed by atoms with Crippen LogP contribution in [-0.4, -0.2) is 30.5 Å². The average molecular weight is 473 g/mol. The van der Waals surface area contributed by atoms with E-state index < -0.39 is 11.8 Å². The maximum absolute atomic E-state index is 12.3. The second kappa shape index (κ2) is 12.1. The summed E-state index contributed by atoms with van der Waals surface area (Å²) in [6.07, 6.45) is 2.11. The van der Waals surface area contributed by atoms with Crippen LogP contribution in [0.2, 0.25) is 0 Å². The third-order valence-electron chi connectivity index (χ3n) is 5.34. The smallest absolute Gasteiger partial charge is 0.329 e. The molecule has 3 rings (SSSR count). The second-order valence-electron chi connectivity index (χ2n) is 7.82. The van der Waals surface area contributed by atoms with Crippen LogP contribution in [0, 0.1) is 13.8 Å². The highest BCUT2D eigenvalue weighted by molar-refractivity contribution is 6.39. The number of rotatable bonds is 8. The van der Waals surface area contributed by atoms with Crippen LogP contribution in [0.25, 0.3) is 0 Å². The molecule has 0 atom stereocenters.